The highest BCUT2D eigenvalue weighted by Crippen LogP contribution is 2.31. The van der Waals surface area contributed by atoms with Gasteiger partial charge >= 0.3 is 12.1 Å². The van der Waals surface area contributed by atoms with Crippen LogP contribution in [0.25, 0.3) is 11.3 Å². The lowest BCUT2D eigenvalue weighted by molar-refractivity contribution is -0.167. The van der Waals surface area contributed by atoms with Gasteiger partial charge in [0.05, 0.1) is 0 Å². The molecule has 1 aromatic heterocycles. The van der Waals surface area contributed by atoms with Crippen LogP contribution in [0.4, 0.5) is 18.9 Å². The Bertz CT molecular complexity index is 892. The summed E-state index contributed by atoms with van der Waals surface area (Å²) in [5, 5.41) is 8.14. The second kappa shape index (κ2) is 6.97. The van der Waals surface area contributed by atoms with Gasteiger partial charge in [0.2, 0.25) is 0 Å². The molecule has 2 fully saturated rings. The number of piperidine rings is 1. The molecule has 6 nitrogen and oxygen atoms in total. The summed E-state index contributed by atoms with van der Waals surface area (Å²) in [4.78, 5) is 23.4. The summed E-state index contributed by atoms with van der Waals surface area (Å²) >= 11 is 0. The second-order valence-corrected chi connectivity index (χ2v) is 7.13. The van der Waals surface area contributed by atoms with Crippen molar-refractivity contribution in [3.63, 3.8) is 0 Å². The summed E-state index contributed by atoms with van der Waals surface area (Å²) in [6, 6.07) is 9.27. The Morgan fingerprint density at radius 1 is 1.07 bits per heavy atom. The van der Waals surface area contributed by atoms with Crippen LogP contribution in [0.2, 0.25) is 0 Å². The van der Waals surface area contributed by atoms with Crippen LogP contribution >= 0.6 is 0 Å². The number of halogens is 3. The van der Waals surface area contributed by atoms with E-state index in [1.165, 1.54) is 24.3 Å². The third-order valence-electron chi connectivity index (χ3n) is 5.16. The van der Waals surface area contributed by atoms with Crippen LogP contribution in [0.15, 0.2) is 40.8 Å². The largest absolute Gasteiger partial charge is 0.471 e. The molecule has 28 heavy (non-hydrogen) atoms. The Hall–Kier alpha value is -2.81. The number of furan rings is 1. The van der Waals surface area contributed by atoms with E-state index in [4.69, 9.17) is 4.42 Å². The standard InChI is InChI=1S/C19H18F3N3O3/c20-19(21,22)18(27)24-12-3-1-11(2-4-12)15-5-6-16(28-15)17(26)25-14-8-10-7-13(14)23-9-10/h1-6,10,13-14,23H,7-9H2,(H,24,27)(H,25,26). The van der Waals surface area contributed by atoms with Crippen molar-refractivity contribution in [1.82, 2.24) is 10.6 Å². The highest BCUT2D eigenvalue weighted by molar-refractivity contribution is 5.95. The number of benzene rings is 1. The molecule has 4 rings (SSSR count). The van der Waals surface area contributed by atoms with E-state index in [1.807, 2.05) is 0 Å². The number of alkyl halides is 3. The Morgan fingerprint density at radius 2 is 1.82 bits per heavy atom. The monoisotopic (exact) mass is 393 g/mol. The van der Waals surface area contributed by atoms with Crippen LogP contribution in [-0.2, 0) is 4.79 Å². The fraction of sp³-hybridized carbons (Fsp3) is 0.368. The van der Waals surface area contributed by atoms with Gasteiger partial charge in [0.25, 0.3) is 5.91 Å². The Morgan fingerprint density at radius 3 is 2.43 bits per heavy atom. The molecule has 3 unspecified atom stereocenters. The van der Waals surface area contributed by atoms with Gasteiger partial charge < -0.3 is 20.4 Å². The van der Waals surface area contributed by atoms with Gasteiger partial charge in [-0.25, -0.2) is 0 Å². The molecular weight excluding hydrogens is 375 g/mol. The molecule has 1 saturated heterocycles. The Kier molecular flexibility index (Phi) is 4.62. The number of carbonyl (C=O) groups excluding carboxylic acids is 2. The number of hydrogen-bond acceptors (Lipinski definition) is 4. The van der Waals surface area contributed by atoms with Gasteiger partial charge in [0.15, 0.2) is 5.76 Å². The molecule has 148 valence electrons. The van der Waals surface area contributed by atoms with Crippen LogP contribution in [0.5, 0.6) is 0 Å². The molecule has 1 aromatic carbocycles. The lowest BCUT2D eigenvalue weighted by Crippen LogP contribution is -2.47. The van der Waals surface area contributed by atoms with Crippen LogP contribution in [0.3, 0.4) is 0 Å². The summed E-state index contributed by atoms with van der Waals surface area (Å²) in [7, 11) is 0. The van der Waals surface area contributed by atoms with Crippen molar-refractivity contribution in [2.45, 2.75) is 31.1 Å². The van der Waals surface area contributed by atoms with Gasteiger partial charge in [0, 0.05) is 23.3 Å². The molecule has 1 saturated carbocycles. The molecule has 2 aliphatic rings. The van der Waals surface area contributed by atoms with Gasteiger partial charge in [-0.1, -0.05) is 0 Å². The van der Waals surface area contributed by atoms with Crippen molar-refractivity contribution in [3.05, 3.63) is 42.2 Å². The predicted octanol–water partition coefficient (Wildman–Crippen LogP) is 2.93. The molecule has 1 aliphatic carbocycles. The first-order valence-corrected chi connectivity index (χ1v) is 8.92. The van der Waals surface area contributed by atoms with Crippen LogP contribution in [0, 0.1) is 5.92 Å². The minimum atomic E-state index is -4.95. The van der Waals surface area contributed by atoms with E-state index in [2.05, 4.69) is 10.6 Å². The first-order chi connectivity index (χ1) is 13.3. The number of nitrogens with one attached hydrogen (secondary N) is 3. The molecule has 0 spiro atoms. The maximum atomic E-state index is 12.4. The van der Waals surface area contributed by atoms with E-state index in [0.717, 1.165) is 19.4 Å². The van der Waals surface area contributed by atoms with Crippen molar-refractivity contribution >= 4 is 17.5 Å². The number of fused-ring (bicyclic) bond motifs is 2. The number of amides is 2. The van der Waals surface area contributed by atoms with Crippen molar-refractivity contribution < 1.29 is 27.2 Å². The average molecular weight is 393 g/mol. The van der Waals surface area contributed by atoms with Crippen molar-refractivity contribution in [1.29, 1.82) is 0 Å². The maximum absolute atomic E-state index is 12.4. The first-order valence-electron chi connectivity index (χ1n) is 8.92. The highest BCUT2D eigenvalue weighted by Gasteiger charge is 2.40. The molecular formula is C19H18F3N3O3. The third-order valence-corrected chi connectivity index (χ3v) is 5.16. The summed E-state index contributed by atoms with van der Waals surface area (Å²) in [6.45, 7) is 1.00. The zero-order valence-electron chi connectivity index (χ0n) is 14.7. The molecule has 2 bridgehead atoms. The Balaban J connectivity index is 1.39. The quantitative estimate of drug-likeness (QED) is 0.746. The zero-order valence-corrected chi connectivity index (χ0v) is 14.7. The van der Waals surface area contributed by atoms with Gasteiger partial charge in [-0.3, -0.25) is 9.59 Å². The zero-order chi connectivity index (χ0) is 19.9. The van der Waals surface area contributed by atoms with E-state index in [9.17, 15) is 22.8 Å². The average Bonchev–Trinajstić information content (AvgIpc) is 3.38. The maximum Gasteiger partial charge on any atom is 0.471 e. The summed E-state index contributed by atoms with van der Waals surface area (Å²) < 4.78 is 42.4. The number of rotatable bonds is 4. The third kappa shape index (κ3) is 3.75. The minimum absolute atomic E-state index is 0.0133. The fourth-order valence-corrected chi connectivity index (χ4v) is 3.79. The second-order valence-electron chi connectivity index (χ2n) is 7.13. The predicted molar refractivity (Wildman–Crippen MR) is 94.6 cm³/mol. The molecule has 2 aromatic rings. The summed E-state index contributed by atoms with van der Waals surface area (Å²) in [6.07, 6.45) is -2.91. The Labute approximate surface area is 158 Å². The van der Waals surface area contributed by atoms with E-state index in [-0.39, 0.29) is 23.4 Å². The lowest BCUT2D eigenvalue weighted by atomic mass is 10.1. The molecule has 9 heteroatoms. The highest BCUT2D eigenvalue weighted by atomic mass is 19.4. The molecule has 3 N–H and O–H groups in total. The lowest BCUT2D eigenvalue weighted by Gasteiger charge is -2.23. The van der Waals surface area contributed by atoms with Gasteiger partial charge in [0.1, 0.15) is 5.76 Å². The van der Waals surface area contributed by atoms with Gasteiger partial charge in [-0.15, -0.1) is 0 Å². The molecule has 1 aliphatic heterocycles. The van der Waals surface area contributed by atoms with E-state index < -0.39 is 12.1 Å². The summed E-state index contributed by atoms with van der Waals surface area (Å²) in [5.74, 6) is -1.14. The molecule has 0 radical (unpaired) electrons. The smallest absolute Gasteiger partial charge is 0.451 e. The first kappa shape index (κ1) is 18.5. The normalized spacial score (nSPS) is 23.6. The number of anilines is 1. The SMILES string of the molecule is O=C(NC1CC2CNC1C2)c1ccc(-c2ccc(NC(=O)C(F)(F)F)cc2)o1. The van der Waals surface area contributed by atoms with Crippen LogP contribution in [-0.4, -0.2) is 36.6 Å². The number of carbonyl (C=O) groups is 2. The van der Waals surface area contributed by atoms with Crippen LogP contribution in [0.1, 0.15) is 23.4 Å². The van der Waals surface area contributed by atoms with E-state index >= 15 is 0 Å². The minimum Gasteiger partial charge on any atom is -0.451 e. The fourth-order valence-electron chi connectivity index (χ4n) is 3.79. The number of hydrogen-bond donors (Lipinski definition) is 3. The van der Waals surface area contributed by atoms with E-state index in [0.29, 0.717) is 23.3 Å². The van der Waals surface area contributed by atoms with Crippen molar-refractivity contribution in [2.75, 3.05) is 11.9 Å². The molecule has 2 heterocycles. The van der Waals surface area contributed by atoms with E-state index in [1.54, 1.807) is 17.4 Å². The summed E-state index contributed by atoms with van der Waals surface area (Å²) in [5.41, 5.74) is 0.588. The van der Waals surface area contributed by atoms with Crippen molar-refractivity contribution in [2.24, 2.45) is 5.92 Å². The van der Waals surface area contributed by atoms with Crippen molar-refractivity contribution in [3.8, 4) is 11.3 Å². The molecule has 3 atom stereocenters. The van der Waals surface area contributed by atoms with Gasteiger partial charge in [-0.05, 0) is 61.7 Å². The van der Waals surface area contributed by atoms with Crippen LogP contribution < -0.4 is 16.0 Å². The van der Waals surface area contributed by atoms with Gasteiger partial charge in [-0.2, -0.15) is 13.2 Å². The topological polar surface area (TPSA) is 83.4 Å². The molecule has 2 amide bonds.